The highest BCUT2D eigenvalue weighted by Crippen LogP contribution is 2.09. The Morgan fingerprint density at radius 3 is 2.52 bits per heavy atom. The lowest BCUT2D eigenvalue weighted by Gasteiger charge is -2.12. The minimum absolute atomic E-state index is 0.600. The van der Waals surface area contributed by atoms with Crippen molar-refractivity contribution in [2.24, 2.45) is 4.99 Å². The molecule has 0 aliphatic heterocycles. The Kier molecular flexibility index (Phi) is 8.22. The molecule has 0 fully saturated rings. The first kappa shape index (κ1) is 21.0. The van der Waals surface area contributed by atoms with E-state index in [1.807, 2.05) is 25.1 Å². The SMILES string of the molecule is CN=C(NCCc1csc(C)n1)NCc1cccc(COCc2ccccc2)c1. The molecule has 0 spiro atoms. The monoisotopic (exact) mass is 408 g/mol. The van der Waals surface area contributed by atoms with E-state index < -0.39 is 0 Å². The molecule has 1 aromatic heterocycles. The van der Waals surface area contributed by atoms with E-state index in [1.165, 1.54) is 16.7 Å². The number of nitrogens with one attached hydrogen (secondary N) is 2. The lowest BCUT2D eigenvalue weighted by molar-refractivity contribution is 0.107. The van der Waals surface area contributed by atoms with Crippen LogP contribution in [0.25, 0.3) is 0 Å². The average Bonchev–Trinajstić information content (AvgIpc) is 3.16. The van der Waals surface area contributed by atoms with Crippen LogP contribution in [0.4, 0.5) is 0 Å². The maximum absolute atomic E-state index is 5.84. The standard InChI is InChI=1S/C23H28N4OS/c1-18-27-22(17-29-18)11-12-25-23(24-2)26-14-20-9-6-10-21(13-20)16-28-15-19-7-4-3-5-8-19/h3-10,13,17H,11-12,14-16H2,1-2H3,(H2,24,25,26). The van der Waals surface area contributed by atoms with E-state index >= 15 is 0 Å². The Morgan fingerprint density at radius 1 is 1.00 bits per heavy atom. The highest BCUT2D eigenvalue weighted by molar-refractivity contribution is 7.09. The molecule has 0 saturated carbocycles. The second-order valence-electron chi connectivity index (χ2n) is 6.76. The lowest BCUT2D eigenvalue weighted by Crippen LogP contribution is -2.37. The van der Waals surface area contributed by atoms with Crippen molar-refractivity contribution >= 4 is 17.3 Å². The zero-order chi connectivity index (χ0) is 20.3. The molecule has 0 radical (unpaired) electrons. The zero-order valence-electron chi connectivity index (χ0n) is 17.0. The van der Waals surface area contributed by atoms with Gasteiger partial charge in [-0.05, 0) is 23.6 Å². The number of guanidine groups is 1. The van der Waals surface area contributed by atoms with Crippen molar-refractivity contribution < 1.29 is 4.74 Å². The number of ether oxygens (including phenoxy) is 1. The Hall–Kier alpha value is -2.70. The molecule has 3 rings (SSSR count). The molecule has 0 unspecified atom stereocenters. The highest BCUT2D eigenvalue weighted by atomic mass is 32.1. The van der Waals surface area contributed by atoms with Crippen LogP contribution in [0, 0.1) is 6.92 Å². The van der Waals surface area contributed by atoms with E-state index in [0.29, 0.717) is 19.8 Å². The minimum Gasteiger partial charge on any atom is -0.372 e. The Morgan fingerprint density at radius 2 is 1.76 bits per heavy atom. The van der Waals surface area contributed by atoms with Gasteiger partial charge in [0.2, 0.25) is 0 Å². The molecule has 5 nitrogen and oxygen atoms in total. The summed E-state index contributed by atoms with van der Waals surface area (Å²) in [6.07, 6.45) is 0.888. The number of aliphatic imine (C=N–C) groups is 1. The summed E-state index contributed by atoms with van der Waals surface area (Å²) >= 11 is 1.69. The molecule has 0 bridgehead atoms. The normalized spacial score (nSPS) is 11.4. The Labute approximate surface area is 176 Å². The van der Waals surface area contributed by atoms with Crippen LogP contribution >= 0.6 is 11.3 Å². The van der Waals surface area contributed by atoms with Crippen LogP contribution in [0.1, 0.15) is 27.4 Å². The number of aryl methyl sites for hydroxylation is 1. The molecule has 0 saturated heterocycles. The van der Waals surface area contributed by atoms with Gasteiger partial charge in [-0.25, -0.2) is 4.98 Å². The molecule has 6 heteroatoms. The molecule has 152 valence electrons. The van der Waals surface area contributed by atoms with Crippen molar-refractivity contribution in [2.45, 2.75) is 33.1 Å². The number of thiazole rings is 1. The van der Waals surface area contributed by atoms with Gasteiger partial charge in [-0.3, -0.25) is 4.99 Å². The van der Waals surface area contributed by atoms with Gasteiger partial charge in [0, 0.05) is 31.9 Å². The summed E-state index contributed by atoms with van der Waals surface area (Å²) in [4.78, 5) is 8.78. The molecule has 1 heterocycles. The largest absolute Gasteiger partial charge is 0.372 e. The summed E-state index contributed by atoms with van der Waals surface area (Å²) < 4.78 is 5.84. The van der Waals surface area contributed by atoms with E-state index in [1.54, 1.807) is 18.4 Å². The zero-order valence-corrected chi connectivity index (χ0v) is 17.8. The van der Waals surface area contributed by atoms with Gasteiger partial charge in [0.1, 0.15) is 0 Å². The van der Waals surface area contributed by atoms with E-state index in [2.05, 4.69) is 62.4 Å². The molecule has 0 aliphatic rings. The second-order valence-corrected chi connectivity index (χ2v) is 7.82. The molecule has 29 heavy (non-hydrogen) atoms. The van der Waals surface area contributed by atoms with Gasteiger partial charge < -0.3 is 15.4 Å². The van der Waals surface area contributed by atoms with Crippen LogP contribution in [-0.2, 0) is 30.9 Å². The van der Waals surface area contributed by atoms with Gasteiger partial charge in [0.15, 0.2) is 5.96 Å². The predicted molar refractivity (Wildman–Crippen MR) is 120 cm³/mol. The first-order valence-corrected chi connectivity index (χ1v) is 10.7. The topological polar surface area (TPSA) is 58.5 Å². The van der Waals surface area contributed by atoms with Crippen molar-refractivity contribution in [1.82, 2.24) is 15.6 Å². The van der Waals surface area contributed by atoms with Crippen LogP contribution < -0.4 is 10.6 Å². The average molecular weight is 409 g/mol. The van der Waals surface area contributed by atoms with Crippen LogP contribution in [0.2, 0.25) is 0 Å². The minimum atomic E-state index is 0.600. The quantitative estimate of drug-likeness (QED) is 0.414. The Balaban J connectivity index is 1.41. The fraction of sp³-hybridized carbons (Fsp3) is 0.304. The lowest BCUT2D eigenvalue weighted by atomic mass is 10.1. The summed E-state index contributed by atoms with van der Waals surface area (Å²) in [5.74, 6) is 0.794. The van der Waals surface area contributed by atoms with Crippen molar-refractivity contribution in [3.63, 3.8) is 0 Å². The fourth-order valence-electron chi connectivity index (χ4n) is 2.93. The molecule has 0 amide bonds. The number of benzene rings is 2. The first-order chi connectivity index (χ1) is 14.2. The first-order valence-electron chi connectivity index (χ1n) is 9.78. The molecular formula is C23H28N4OS. The number of rotatable bonds is 9. The van der Waals surface area contributed by atoms with Crippen LogP contribution in [0.15, 0.2) is 65.0 Å². The molecule has 0 atom stereocenters. The van der Waals surface area contributed by atoms with Gasteiger partial charge in [-0.1, -0.05) is 54.6 Å². The summed E-state index contributed by atoms with van der Waals surface area (Å²) in [5, 5.41) is 9.93. The number of aromatic nitrogens is 1. The summed E-state index contributed by atoms with van der Waals surface area (Å²) in [6.45, 7) is 4.77. The molecule has 2 aromatic carbocycles. The summed E-state index contributed by atoms with van der Waals surface area (Å²) in [6, 6.07) is 18.7. The van der Waals surface area contributed by atoms with Crippen molar-refractivity contribution in [2.75, 3.05) is 13.6 Å². The van der Waals surface area contributed by atoms with Crippen molar-refractivity contribution in [3.05, 3.63) is 87.4 Å². The predicted octanol–water partition coefficient (Wildman–Crippen LogP) is 4.08. The smallest absolute Gasteiger partial charge is 0.191 e. The molecule has 0 aliphatic carbocycles. The van der Waals surface area contributed by atoms with Crippen LogP contribution in [-0.4, -0.2) is 24.5 Å². The van der Waals surface area contributed by atoms with Gasteiger partial charge in [-0.2, -0.15) is 0 Å². The van der Waals surface area contributed by atoms with Gasteiger partial charge in [0.25, 0.3) is 0 Å². The van der Waals surface area contributed by atoms with E-state index in [-0.39, 0.29) is 0 Å². The molecular weight excluding hydrogens is 380 g/mol. The van der Waals surface area contributed by atoms with Gasteiger partial charge >= 0.3 is 0 Å². The van der Waals surface area contributed by atoms with E-state index in [9.17, 15) is 0 Å². The highest BCUT2D eigenvalue weighted by Gasteiger charge is 2.02. The third-order valence-electron chi connectivity index (χ3n) is 4.40. The van der Waals surface area contributed by atoms with Crippen LogP contribution in [0.5, 0.6) is 0 Å². The van der Waals surface area contributed by atoms with Crippen molar-refractivity contribution in [1.29, 1.82) is 0 Å². The Bertz CT molecular complexity index is 908. The number of nitrogens with zero attached hydrogens (tertiary/aromatic N) is 2. The van der Waals surface area contributed by atoms with Crippen molar-refractivity contribution in [3.8, 4) is 0 Å². The van der Waals surface area contributed by atoms with E-state index in [4.69, 9.17) is 4.74 Å². The third kappa shape index (κ3) is 7.33. The third-order valence-corrected chi connectivity index (χ3v) is 5.22. The van der Waals surface area contributed by atoms with Gasteiger partial charge in [-0.15, -0.1) is 11.3 Å². The van der Waals surface area contributed by atoms with Crippen LogP contribution in [0.3, 0.4) is 0 Å². The summed E-state index contributed by atoms with van der Waals surface area (Å²) in [7, 11) is 1.79. The van der Waals surface area contributed by atoms with Gasteiger partial charge in [0.05, 0.1) is 23.9 Å². The molecule has 2 N–H and O–H groups in total. The molecule has 3 aromatic rings. The maximum atomic E-state index is 5.84. The second kappa shape index (κ2) is 11.3. The number of hydrogen-bond donors (Lipinski definition) is 2. The van der Waals surface area contributed by atoms with E-state index in [0.717, 1.165) is 29.6 Å². The fourth-order valence-corrected chi connectivity index (χ4v) is 3.58. The number of hydrogen-bond acceptors (Lipinski definition) is 4. The maximum Gasteiger partial charge on any atom is 0.191 e. The summed E-state index contributed by atoms with van der Waals surface area (Å²) in [5.41, 5.74) is 4.68.